The summed E-state index contributed by atoms with van der Waals surface area (Å²) in [5.74, 6) is 2.11. The molecule has 0 saturated heterocycles. The summed E-state index contributed by atoms with van der Waals surface area (Å²) in [6.07, 6.45) is 4.84. The zero-order valence-corrected chi connectivity index (χ0v) is 23.0. The zero-order valence-electron chi connectivity index (χ0n) is 22.2. The Balaban J connectivity index is 1.68. The molecule has 1 aliphatic rings. The molecule has 0 radical (unpaired) electrons. The Hall–Kier alpha value is -1.48. The summed E-state index contributed by atoms with van der Waals surface area (Å²) in [5.41, 5.74) is 1.87. The molecule has 1 amide bonds. The molecule has 1 unspecified atom stereocenters. The Bertz CT molecular complexity index is 786. The molecule has 0 aliphatic heterocycles. The number of hydrogen-bond donors (Lipinski definition) is 1. The molecule has 0 spiro atoms. The van der Waals surface area contributed by atoms with E-state index in [1.165, 1.54) is 25.7 Å². The molecule has 1 saturated carbocycles. The molecule has 0 aromatic heterocycles. The average molecular weight is 496 g/mol. The lowest BCUT2D eigenvalue weighted by atomic mass is 9.81. The number of aryl methyl sites for hydroxylation is 2. The first-order valence-electron chi connectivity index (χ1n) is 12.5. The lowest BCUT2D eigenvalue weighted by molar-refractivity contribution is -0.135. The van der Waals surface area contributed by atoms with Crippen LogP contribution in [0.2, 0.25) is 0 Å². The topological polar surface area (TPSA) is 71.1 Å². The Morgan fingerprint density at radius 3 is 2.26 bits per heavy atom. The molecular weight excluding hydrogens is 450 g/mol. The fourth-order valence-corrected chi connectivity index (χ4v) is 5.74. The Kier molecular flexibility index (Phi) is 12.0. The summed E-state index contributed by atoms with van der Waals surface area (Å²) in [6.45, 7) is 11.0. The van der Waals surface area contributed by atoms with E-state index < -0.39 is 11.0 Å². The minimum Gasteiger partial charge on any atom is -0.497 e. The molecule has 194 valence electrons. The largest absolute Gasteiger partial charge is 0.497 e. The number of amides is 1. The van der Waals surface area contributed by atoms with Crippen LogP contribution in [0.15, 0.2) is 17.0 Å². The van der Waals surface area contributed by atoms with Crippen molar-refractivity contribution in [1.29, 1.82) is 0 Å². The van der Waals surface area contributed by atoms with Crippen molar-refractivity contribution >= 4 is 16.9 Å². The number of carbonyl (C=O) groups excluding carboxylic acids is 1. The van der Waals surface area contributed by atoms with Crippen molar-refractivity contribution in [3.05, 3.63) is 23.3 Å². The molecular formula is C26H45N3O4S. The van der Waals surface area contributed by atoms with E-state index >= 15 is 0 Å². The van der Waals surface area contributed by atoms with Crippen LogP contribution in [0.25, 0.3) is 0 Å². The maximum atomic E-state index is 13.0. The second-order valence-electron chi connectivity index (χ2n) is 9.97. The van der Waals surface area contributed by atoms with Crippen molar-refractivity contribution in [2.45, 2.75) is 64.3 Å². The molecule has 1 fully saturated rings. The number of likely N-dealkylation sites (N-methyl/N-ethyl adjacent to an activating group) is 2. The van der Waals surface area contributed by atoms with Crippen LogP contribution in [0.3, 0.4) is 0 Å². The third kappa shape index (κ3) is 8.95. The predicted molar refractivity (Wildman–Crippen MR) is 139 cm³/mol. The van der Waals surface area contributed by atoms with Gasteiger partial charge in [0.15, 0.2) is 0 Å². The monoisotopic (exact) mass is 495 g/mol. The van der Waals surface area contributed by atoms with Crippen molar-refractivity contribution in [2.75, 3.05) is 54.1 Å². The molecule has 1 aliphatic carbocycles. The van der Waals surface area contributed by atoms with Gasteiger partial charge in [-0.05, 0) is 81.2 Å². The summed E-state index contributed by atoms with van der Waals surface area (Å²) in [6, 6.07) is 4.33. The number of nitrogens with one attached hydrogen (secondary N) is 1. The molecule has 2 rings (SSSR count). The second-order valence-corrected chi connectivity index (χ2v) is 11.5. The van der Waals surface area contributed by atoms with Gasteiger partial charge in [0.2, 0.25) is 5.91 Å². The highest BCUT2D eigenvalue weighted by atomic mass is 32.2. The van der Waals surface area contributed by atoms with Gasteiger partial charge in [0.1, 0.15) is 23.3 Å². The van der Waals surface area contributed by atoms with Crippen molar-refractivity contribution in [2.24, 2.45) is 11.8 Å². The number of nitrogens with zero attached hydrogens (tertiary/aromatic N) is 2. The number of benzene rings is 1. The smallest absolute Gasteiger partial charge is 0.248 e. The lowest BCUT2D eigenvalue weighted by Gasteiger charge is -2.31. The van der Waals surface area contributed by atoms with E-state index in [1.807, 2.05) is 45.0 Å². The molecule has 8 heteroatoms. The molecule has 34 heavy (non-hydrogen) atoms. The van der Waals surface area contributed by atoms with Gasteiger partial charge in [-0.3, -0.25) is 4.79 Å². The Morgan fingerprint density at radius 1 is 1.12 bits per heavy atom. The highest BCUT2D eigenvalue weighted by Gasteiger charge is 2.23. The van der Waals surface area contributed by atoms with Crippen LogP contribution in [0.4, 0.5) is 0 Å². The van der Waals surface area contributed by atoms with Gasteiger partial charge in [0.25, 0.3) is 0 Å². The van der Waals surface area contributed by atoms with Crippen molar-refractivity contribution in [3.8, 4) is 5.75 Å². The molecule has 0 bridgehead atoms. The van der Waals surface area contributed by atoms with Crippen LogP contribution in [0.5, 0.6) is 5.75 Å². The molecule has 1 atom stereocenters. The van der Waals surface area contributed by atoms with Gasteiger partial charge in [-0.1, -0.05) is 13.8 Å². The fourth-order valence-electron chi connectivity index (χ4n) is 4.52. The zero-order chi connectivity index (χ0) is 25.3. The quantitative estimate of drug-likeness (QED) is 0.424. The van der Waals surface area contributed by atoms with Gasteiger partial charge in [0.05, 0.1) is 18.6 Å². The van der Waals surface area contributed by atoms with Crippen LogP contribution in [0, 0.1) is 25.7 Å². The van der Waals surface area contributed by atoms with E-state index in [0.717, 1.165) is 40.8 Å². The van der Waals surface area contributed by atoms with E-state index in [1.54, 1.807) is 11.4 Å². The van der Waals surface area contributed by atoms with E-state index in [0.29, 0.717) is 25.1 Å². The number of methoxy groups -OCH3 is 1. The maximum Gasteiger partial charge on any atom is 0.248 e. The second kappa shape index (κ2) is 14.2. The molecule has 0 heterocycles. The summed E-state index contributed by atoms with van der Waals surface area (Å²) >= 11 is 0. The van der Waals surface area contributed by atoms with Gasteiger partial charge in [-0.15, -0.1) is 0 Å². The van der Waals surface area contributed by atoms with Crippen molar-refractivity contribution < 1.29 is 18.5 Å². The van der Waals surface area contributed by atoms with Crippen LogP contribution < -0.4 is 10.1 Å². The summed E-state index contributed by atoms with van der Waals surface area (Å²) in [4.78, 5) is 15.1. The highest BCUT2D eigenvalue weighted by Crippen LogP contribution is 2.29. The van der Waals surface area contributed by atoms with E-state index in [4.69, 9.17) is 9.47 Å². The first-order chi connectivity index (χ1) is 16.1. The fraction of sp³-hybridized carbons (Fsp3) is 0.731. The van der Waals surface area contributed by atoms with E-state index in [-0.39, 0.29) is 12.5 Å². The third-order valence-corrected chi connectivity index (χ3v) is 8.38. The molecule has 1 N–H and O–H groups in total. The number of ether oxygens (including phenoxy) is 2. The van der Waals surface area contributed by atoms with E-state index in [9.17, 15) is 9.00 Å². The lowest BCUT2D eigenvalue weighted by Crippen LogP contribution is -2.37. The molecule has 1 aromatic rings. The minimum atomic E-state index is -1.30. The van der Waals surface area contributed by atoms with Gasteiger partial charge in [-0.25, -0.2) is 8.51 Å². The van der Waals surface area contributed by atoms with Gasteiger partial charge in [-0.2, -0.15) is 0 Å². The molecule has 7 nitrogen and oxygen atoms in total. The van der Waals surface area contributed by atoms with Crippen LogP contribution in [-0.2, 0) is 20.5 Å². The SMILES string of the molecule is COc1cc(C)c(S(=O)N(C)CCOCC(=O)N(C)CC2CCC(CNC(C)C)CC2)c(C)c1. The number of hydrogen-bond acceptors (Lipinski definition) is 5. The van der Waals surface area contributed by atoms with Crippen LogP contribution in [-0.4, -0.2) is 79.4 Å². The first-order valence-corrected chi connectivity index (χ1v) is 13.6. The van der Waals surface area contributed by atoms with Gasteiger partial charge in [0, 0.05) is 33.2 Å². The van der Waals surface area contributed by atoms with Crippen molar-refractivity contribution in [3.63, 3.8) is 0 Å². The van der Waals surface area contributed by atoms with Crippen LogP contribution in [0.1, 0.15) is 50.7 Å². The van der Waals surface area contributed by atoms with Crippen molar-refractivity contribution in [1.82, 2.24) is 14.5 Å². The number of rotatable bonds is 13. The van der Waals surface area contributed by atoms with E-state index in [2.05, 4.69) is 19.2 Å². The standard InChI is InChI=1S/C26H45N3O4S/c1-19(2)27-16-22-8-10-23(11-9-22)17-28(5)25(30)18-33-13-12-29(6)34(31)26-20(3)14-24(32-7)15-21(26)4/h14-15,19,22-23,27H,8-13,16-18H2,1-7H3. The average Bonchev–Trinajstić information content (AvgIpc) is 2.80. The van der Waals surface area contributed by atoms with Gasteiger partial charge >= 0.3 is 0 Å². The Morgan fingerprint density at radius 2 is 1.71 bits per heavy atom. The minimum absolute atomic E-state index is 0.00853. The predicted octanol–water partition coefficient (Wildman–Crippen LogP) is 3.55. The normalized spacial score (nSPS) is 19.4. The highest BCUT2D eigenvalue weighted by molar-refractivity contribution is 7.82. The maximum absolute atomic E-state index is 13.0. The first kappa shape index (κ1) is 28.8. The summed E-state index contributed by atoms with van der Waals surface area (Å²) < 4.78 is 25.7. The summed E-state index contributed by atoms with van der Waals surface area (Å²) in [5, 5.41) is 3.54. The summed E-state index contributed by atoms with van der Waals surface area (Å²) in [7, 11) is 4.01. The third-order valence-electron chi connectivity index (χ3n) is 6.64. The van der Waals surface area contributed by atoms with Crippen LogP contribution >= 0.6 is 0 Å². The molecule has 1 aromatic carbocycles. The Labute approximate surface area is 209 Å². The van der Waals surface area contributed by atoms with Gasteiger partial charge < -0.3 is 19.7 Å². The number of carbonyl (C=O) groups is 1.